The first-order valence-electron chi connectivity index (χ1n) is 9.34. The Morgan fingerprint density at radius 2 is 2.12 bits per heavy atom. The normalized spacial score (nSPS) is 19.2. The summed E-state index contributed by atoms with van der Waals surface area (Å²) in [6, 6.07) is 4.68. The molecule has 1 aliphatic heterocycles. The van der Waals surface area contributed by atoms with Crippen LogP contribution in [-0.4, -0.2) is 53.2 Å². The second kappa shape index (κ2) is 6.88. The summed E-state index contributed by atoms with van der Waals surface area (Å²) in [5.74, 6) is 0. The predicted molar refractivity (Wildman–Crippen MR) is 115 cm³/mol. The van der Waals surface area contributed by atoms with Crippen LogP contribution in [0.1, 0.15) is 31.4 Å². The predicted octanol–water partition coefficient (Wildman–Crippen LogP) is 3.89. The summed E-state index contributed by atoms with van der Waals surface area (Å²) < 4.78 is 3.21. The van der Waals surface area contributed by atoms with E-state index in [1.54, 1.807) is 4.90 Å². The van der Waals surface area contributed by atoms with E-state index in [9.17, 15) is 4.79 Å². The highest BCUT2D eigenvalue weighted by molar-refractivity contribution is 14.1. The zero-order valence-electron chi connectivity index (χ0n) is 15.6. The lowest BCUT2D eigenvalue weighted by Gasteiger charge is -2.37. The van der Waals surface area contributed by atoms with E-state index in [1.165, 1.54) is 25.7 Å². The smallest absolute Gasteiger partial charge is 0.324 e. The van der Waals surface area contributed by atoms with Crippen molar-refractivity contribution in [3.8, 4) is 0 Å². The van der Waals surface area contributed by atoms with Crippen molar-refractivity contribution < 1.29 is 4.79 Å². The van der Waals surface area contributed by atoms with Crippen LogP contribution in [0.4, 0.5) is 4.79 Å². The van der Waals surface area contributed by atoms with Crippen molar-refractivity contribution >= 4 is 45.1 Å². The Bertz CT molecular complexity index is 897. The maximum absolute atomic E-state index is 12.6. The Balaban J connectivity index is 1.82. The number of urea groups is 1. The third-order valence-corrected chi connectivity index (χ3v) is 6.60. The lowest BCUT2D eigenvalue weighted by atomic mass is 9.82. The number of carbonyl (C=O) groups excluding carboxylic acids is 1. The molecule has 0 saturated carbocycles. The second-order valence-corrected chi connectivity index (χ2v) is 8.24. The van der Waals surface area contributed by atoms with Crippen molar-refractivity contribution in [1.82, 2.24) is 14.5 Å². The molecule has 1 aromatic carbocycles. The van der Waals surface area contributed by atoms with Crippen LogP contribution in [0.5, 0.6) is 0 Å². The third-order valence-electron chi connectivity index (χ3n) is 5.70. The largest absolute Gasteiger partial charge is 0.336 e. The number of fused-ring (bicyclic) bond motifs is 2. The molecule has 0 fully saturated rings. The number of hydrogen-bond donors (Lipinski definition) is 1. The number of benzene rings is 1. The minimum atomic E-state index is -0.0495. The van der Waals surface area contributed by atoms with Gasteiger partial charge in [-0.05, 0) is 79.6 Å². The molecule has 0 bridgehead atoms. The molecule has 26 heavy (non-hydrogen) atoms. The number of nitrogens with zero attached hydrogens (tertiary/aromatic N) is 3. The standard InChI is InChI=1S/C20H25IN4O/c1-4-24(5-2)20(26)22-25-12-13-11-17-14(7-6-10-23(17)3)19-15(21)8-9-16(25)18(13)19/h7-9,12,17H,4-6,10-11H2,1-3H3,(H,22,26)/t17-/m1/s1. The zero-order valence-corrected chi connectivity index (χ0v) is 17.7. The van der Waals surface area contributed by atoms with Crippen LogP contribution >= 0.6 is 22.6 Å². The summed E-state index contributed by atoms with van der Waals surface area (Å²) in [7, 11) is 2.22. The van der Waals surface area contributed by atoms with Gasteiger partial charge >= 0.3 is 6.03 Å². The molecule has 6 heteroatoms. The summed E-state index contributed by atoms with van der Waals surface area (Å²) in [5.41, 5.74) is 8.30. The Morgan fingerprint density at radius 1 is 1.35 bits per heavy atom. The van der Waals surface area contributed by atoms with Gasteiger partial charge in [0.15, 0.2) is 0 Å². The van der Waals surface area contributed by atoms with Gasteiger partial charge in [0.05, 0.1) is 5.52 Å². The average Bonchev–Trinajstić information content (AvgIpc) is 2.97. The fraction of sp³-hybridized carbons (Fsp3) is 0.450. The first-order chi connectivity index (χ1) is 12.5. The van der Waals surface area contributed by atoms with Gasteiger partial charge in [-0.1, -0.05) is 6.08 Å². The summed E-state index contributed by atoms with van der Waals surface area (Å²) in [6.07, 6.45) is 6.63. The molecule has 0 spiro atoms. The van der Waals surface area contributed by atoms with Gasteiger partial charge in [0.2, 0.25) is 0 Å². The van der Waals surface area contributed by atoms with E-state index in [4.69, 9.17) is 0 Å². The minimum Gasteiger partial charge on any atom is -0.324 e. The summed E-state index contributed by atoms with van der Waals surface area (Å²) in [5, 5.41) is 1.30. The van der Waals surface area contributed by atoms with Crippen LogP contribution in [0.2, 0.25) is 0 Å². The van der Waals surface area contributed by atoms with E-state index >= 15 is 0 Å². The van der Waals surface area contributed by atoms with E-state index in [2.05, 4.69) is 64.4 Å². The Morgan fingerprint density at radius 3 is 2.85 bits per heavy atom. The first-order valence-corrected chi connectivity index (χ1v) is 10.4. The first kappa shape index (κ1) is 17.9. The molecule has 4 rings (SSSR count). The maximum atomic E-state index is 12.6. The van der Waals surface area contributed by atoms with Gasteiger partial charge in [-0.3, -0.25) is 9.58 Å². The van der Waals surface area contributed by atoms with Gasteiger partial charge in [0, 0.05) is 46.4 Å². The number of aromatic nitrogens is 1. The molecule has 1 N–H and O–H groups in total. The molecule has 2 amide bonds. The molecule has 2 aromatic rings. The molecule has 0 radical (unpaired) electrons. The number of likely N-dealkylation sites (N-methyl/N-ethyl adjacent to an activating group) is 1. The third kappa shape index (κ3) is 2.74. The van der Waals surface area contributed by atoms with Crippen LogP contribution in [0, 0.1) is 3.57 Å². The van der Waals surface area contributed by atoms with E-state index < -0.39 is 0 Å². The van der Waals surface area contributed by atoms with Gasteiger partial charge in [-0.2, -0.15) is 0 Å². The van der Waals surface area contributed by atoms with Gasteiger partial charge in [-0.25, -0.2) is 10.2 Å². The topological polar surface area (TPSA) is 40.5 Å². The Labute approximate surface area is 168 Å². The molecular weight excluding hydrogens is 439 g/mol. The zero-order chi connectivity index (χ0) is 18.4. The maximum Gasteiger partial charge on any atom is 0.336 e. The second-order valence-electron chi connectivity index (χ2n) is 7.08. The molecule has 0 unspecified atom stereocenters. The van der Waals surface area contributed by atoms with Gasteiger partial charge in [-0.15, -0.1) is 0 Å². The molecule has 138 valence electrons. The SMILES string of the molecule is CCN(CC)C(=O)Nn1cc2c3c(c(I)ccc31)C1=CCCN(C)[C@@H]1C2. The monoisotopic (exact) mass is 464 g/mol. The molecule has 1 aliphatic carbocycles. The van der Waals surface area contributed by atoms with Crippen molar-refractivity contribution in [3.63, 3.8) is 0 Å². The Hall–Kier alpha value is -1.54. The van der Waals surface area contributed by atoms with E-state index in [-0.39, 0.29) is 6.03 Å². The molecule has 1 atom stereocenters. The fourth-order valence-corrected chi connectivity index (χ4v) is 5.05. The number of nitrogens with one attached hydrogen (secondary N) is 1. The van der Waals surface area contributed by atoms with Crippen LogP contribution in [0.25, 0.3) is 16.5 Å². The molecule has 2 heterocycles. The van der Waals surface area contributed by atoms with Gasteiger partial charge in [0.1, 0.15) is 0 Å². The lowest BCUT2D eigenvalue weighted by Crippen LogP contribution is -2.39. The minimum absolute atomic E-state index is 0.0495. The van der Waals surface area contributed by atoms with Crippen LogP contribution < -0.4 is 5.43 Å². The highest BCUT2D eigenvalue weighted by Crippen LogP contribution is 2.42. The Kier molecular flexibility index (Phi) is 4.73. The van der Waals surface area contributed by atoms with E-state index in [0.717, 1.165) is 24.9 Å². The quantitative estimate of drug-likeness (QED) is 0.701. The van der Waals surface area contributed by atoms with Crippen molar-refractivity contribution in [3.05, 3.63) is 39.1 Å². The number of amides is 2. The molecule has 2 aliphatic rings. The number of hydrogen-bond acceptors (Lipinski definition) is 2. The molecule has 0 saturated heterocycles. The number of carbonyl (C=O) groups is 1. The molecular formula is C20H25IN4O. The molecule has 1 aromatic heterocycles. The number of halogens is 1. The van der Waals surface area contributed by atoms with Crippen LogP contribution in [-0.2, 0) is 6.42 Å². The van der Waals surface area contributed by atoms with Crippen molar-refractivity contribution in [2.24, 2.45) is 0 Å². The number of rotatable bonds is 3. The molecule has 5 nitrogen and oxygen atoms in total. The van der Waals surface area contributed by atoms with Gasteiger partial charge < -0.3 is 4.90 Å². The van der Waals surface area contributed by atoms with Crippen molar-refractivity contribution in [1.29, 1.82) is 0 Å². The van der Waals surface area contributed by atoms with Crippen molar-refractivity contribution in [2.45, 2.75) is 32.7 Å². The summed E-state index contributed by atoms with van der Waals surface area (Å²) in [6.45, 7) is 6.53. The van der Waals surface area contributed by atoms with Crippen LogP contribution in [0.3, 0.4) is 0 Å². The summed E-state index contributed by atoms with van der Waals surface area (Å²) in [4.78, 5) is 16.8. The highest BCUT2D eigenvalue weighted by atomic mass is 127. The summed E-state index contributed by atoms with van der Waals surface area (Å²) >= 11 is 2.45. The van der Waals surface area contributed by atoms with Gasteiger partial charge in [0.25, 0.3) is 0 Å². The highest BCUT2D eigenvalue weighted by Gasteiger charge is 2.33. The van der Waals surface area contributed by atoms with E-state index in [1.807, 2.05) is 18.5 Å². The fourth-order valence-electron chi connectivity index (χ4n) is 4.29. The average molecular weight is 464 g/mol. The van der Waals surface area contributed by atoms with Crippen LogP contribution in [0.15, 0.2) is 24.4 Å². The lowest BCUT2D eigenvalue weighted by molar-refractivity contribution is 0.214. The van der Waals surface area contributed by atoms with E-state index in [0.29, 0.717) is 19.1 Å². The van der Waals surface area contributed by atoms with Crippen molar-refractivity contribution in [2.75, 3.05) is 32.1 Å².